The molecule has 110 valence electrons. The van der Waals surface area contributed by atoms with Gasteiger partial charge in [-0.15, -0.1) is 0 Å². The van der Waals surface area contributed by atoms with Gasteiger partial charge in [0.25, 0.3) is 0 Å². The molecule has 0 aromatic heterocycles. The van der Waals surface area contributed by atoms with Crippen LogP contribution in [0.2, 0.25) is 0 Å². The molecule has 1 aliphatic rings. The van der Waals surface area contributed by atoms with Crippen LogP contribution in [0.15, 0.2) is 18.2 Å². The van der Waals surface area contributed by atoms with Crippen LogP contribution >= 0.6 is 0 Å². The van der Waals surface area contributed by atoms with Gasteiger partial charge in [-0.3, -0.25) is 0 Å². The molecule has 1 aromatic rings. The lowest BCUT2D eigenvalue weighted by molar-refractivity contribution is 0.222. The van der Waals surface area contributed by atoms with Crippen molar-refractivity contribution in [1.82, 2.24) is 4.90 Å². The van der Waals surface area contributed by atoms with Crippen LogP contribution in [0.4, 0.5) is 20.6 Å². The van der Waals surface area contributed by atoms with E-state index in [0.717, 1.165) is 25.9 Å². The number of nitrogens with zero attached hydrogens (tertiary/aromatic N) is 2. The molecule has 2 rings (SSSR count). The largest absolute Gasteiger partial charge is 0.370 e. The van der Waals surface area contributed by atoms with Crippen molar-refractivity contribution in [2.45, 2.75) is 32.7 Å². The molecule has 5 heteroatoms. The fourth-order valence-electron chi connectivity index (χ4n) is 2.27. The van der Waals surface area contributed by atoms with Crippen molar-refractivity contribution in [3.63, 3.8) is 0 Å². The molecule has 1 saturated heterocycles. The predicted octanol–water partition coefficient (Wildman–Crippen LogP) is 3.30. The van der Waals surface area contributed by atoms with Crippen molar-refractivity contribution in [3.8, 4) is 0 Å². The topological polar surface area (TPSA) is 35.6 Å². The van der Waals surface area contributed by atoms with Gasteiger partial charge < -0.3 is 15.1 Å². The molecule has 0 spiro atoms. The lowest BCUT2D eigenvalue weighted by Crippen LogP contribution is -2.32. The van der Waals surface area contributed by atoms with Gasteiger partial charge in [-0.05, 0) is 44.9 Å². The number of urea groups is 1. The zero-order valence-corrected chi connectivity index (χ0v) is 12.3. The summed E-state index contributed by atoms with van der Waals surface area (Å²) >= 11 is 0. The van der Waals surface area contributed by atoms with Crippen LogP contribution in [-0.2, 0) is 0 Å². The van der Waals surface area contributed by atoms with Crippen LogP contribution in [0, 0.1) is 5.82 Å². The summed E-state index contributed by atoms with van der Waals surface area (Å²) in [6.45, 7) is 5.57. The van der Waals surface area contributed by atoms with E-state index in [1.165, 1.54) is 6.07 Å². The van der Waals surface area contributed by atoms with E-state index in [9.17, 15) is 9.18 Å². The highest BCUT2D eigenvalue weighted by Gasteiger charge is 2.18. The SMILES string of the molecule is CC(C)N(C)c1ccc(NC(=O)N2CCCC2)cc1F. The Labute approximate surface area is 119 Å². The van der Waals surface area contributed by atoms with Gasteiger partial charge in [0, 0.05) is 31.9 Å². The molecular weight excluding hydrogens is 257 g/mol. The highest BCUT2D eigenvalue weighted by molar-refractivity contribution is 5.89. The Hall–Kier alpha value is -1.78. The van der Waals surface area contributed by atoms with Crippen LogP contribution in [0.1, 0.15) is 26.7 Å². The number of rotatable bonds is 3. The fraction of sp³-hybridized carbons (Fsp3) is 0.533. The van der Waals surface area contributed by atoms with Crippen LogP contribution in [-0.4, -0.2) is 37.1 Å². The number of hydrogen-bond acceptors (Lipinski definition) is 2. The van der Waals surface area contributed by atoms with E-state index >= 15 is 0 Å². The summed E-state index contributed by atoms with van der Waals surface area (Å²) in [5, 5.41) is 2.75. The molecule has 0 radical (unpaired) electrons. The van der Waals surface area contributed by atoms with E-state index in [-0.39, 0.29) is 17.9 Å². The second-order valence-electron chi connectivity index (χ2n) is 5.50. The van der Waals surface area contributed by atoms with Crippen molar-refractivity contribution in [2.75, 3.05) is 30.4 Å². The Morgan fingerprint density at radius 2 is 2.00 bits per heavy atom. The number of nitrogens with one attached hydrogen (secondary N) is 1. The third-order valence-electron chi connectivity index (χ3n) is 3.75. The summed E-state index contributed by atoms with van der Waals surface area (Å²) in [6.07, 6.45) is 2.08. The highest BCUT2D eigenvalue weighted by atomic mass is 19.1. The van der Waals surface area contributed by atoms with E-state index in [2.05, 4.69) is 5.32 Å². The Balaban J connectivity index is 2.07. The van der Waals surface area contributed by atoms with Crippen molar-refractivity contribution in [3.05, 3.63) is 24.0 Å². The number of anilines is 2. The van der Waals surface area contributed by atoms with Crippen molar-refractivity contribution in [2.24, 2.45) is 0 Å². The maximum atomic E-state index is 14.1. The summed E-state index contributed by atoms with van der Waals surface area (Å²) in [7, 11) is 1.85. The zero-order valence-electron chi connectivity index (χ0n) is 12.3. The van der Waals surface area contributed by atoms with Gasteiger partial charge >= 0.3 is 6.03 Å². The average Bonchev–Trinajstić information content (AvgIpc) is 2.92. The fourth-order valence-corrected chi connectivity index (χ4v) is 2.27. The summed E-state index contributed by atoms with van der Waals surface area (Å²) in [6, 6.07) is 4.89. The Morgan fingerprint density at radius 3 is 2.55 bits per heavy atom. The number of carbonyl (C=O) groups excluding carboxylic acids is 1. The summed E-state index contributed by atoms with van der Waals surface area (Å²) in [5.74, 6) is -0.319. The summed E-state index contributed by atoms with van der Waals surface area (Å²) in [4.78, 5) is 15.6. The lowest BCUT2D eigenvalue weighted by atomic mass is 10.2. The molecule has 20 heavy (non-hydrogen) atoms. The van der Waals surface area contributed by atoms with E-state index in [4.69, 9.17) is 0 Å². The number of benzene rings is 1. The number of halogens is 1. The standard InChI is InChI=1S/C15H22FN3O/c1-11(2)18(3)14-7-6-12(10-13(14)16)17-15(20)19-8-4-5-9-19/h6-7,10-11H,4-5,8-9H2,1-3H3,(H,17,20). The molecule has 1 aliphatic heterocycles. The van der Waals surface area contributed by atoms with E-state index in [0.29, 0.717) is 11.4 Å². The molecule has 4 nitrogen and oxygen atoms in total. The normalized spacial score (nSPS) is 14.8. The maximum Gasteiger partial charge on any atom is 0.321 e. The average molecular weight is 279 g/mol. The minimum atomic E-state index is -0.319. The Kier molecular flexibility index (Phi) is 4.47. The lowest BCUT2D eigenvalue weighted by Gasteiger charge is -2.24. The molecular formula is C15H22FN3O. The Bertz CT molecular complexity index is 484. The van der Waals surface area contributed by atoms with Crippen LogP contribution in [0.5, 0.6) is 0 Å². The van der Waals surface area contributed by atoms with Crippen LogP contribution in [0.25, 0.3) is 0 Å². The zero-order chi connectivity index (χ0) is 14.7. The van der Waals surface area contributed by atoms with Gasteiger partial charge in [0.05, 0.1) is 5.69 Å². The molecule has 0 unspecified atom stereocenters. The van der Waals surface area contributed by atoms with Gasteiger partial charge in [0.1, 0.15) is 5.82 Å². The molecule has 1 N–H and O–H groups in total. The van der Waals surface area contributed by atoms with Gasteiger partial charge in [-0.2, -0.15) is 0 Å². The highest BCUT2D eigenvalue weighted by Crippen LogP contribution is 2.23. The Morgan fingerprint density at radius 1 is 1.35 bits per heavy atom. The molecule has 0 bridgehead atoms. The monoisotopic (exact) mass is 279 g/mol. The maximum absolute atomic E-state index is 14.1. The van der Waals surface area contributed by atoms with Gasteiger partial charge in [-0.1, -0.05) is 0 Å². The third-order valence-corrected chi connectivity index (χ3v) is 3.75. The second-order valence-corrected chi connectivity index (χ2v) is 5.50. The van der Waals surface area contributed by atoms with Crippen LogP contribution < -0.4 is 10.2 Å². The van der Waals surface area contributed by atoms with Gasteiger partial charge in [-0.25, -0.2) is 9.18 Å². The van der Waals surface area contributed by atoms with E-state index < -0.39 is 0 Å². The first-order chi connectivity index (χ1) is 9.49. The molecule has 0 saturated carbocycles. The van der Waals surface area contributed by atoms with Crippen molar-refractivity contribution in [1.29, 1.82) is 0 Å². The van der Waals surface area contributed by atoms with Gasteiger partial charge in [0.2, 0.25) is 0 Å². The second kappa shape index (κ2) is 6.11. The number of amides is 2. The predicted molar refractivity (Wildman–Crippen MR) is 79.8 cm³/mol. The summed E-state index contributed by atoms with van der Waals surface area (Å²) in [5.41, 5.74) is 1.04. The molecule has 1 heterocycles. The third kappa shape index (κ3) is 3.21. The molecule has 0 atom stereocenters. The van der Waals surface area contributed by atoms with E-state index in [1.54, 1.807) is 17.0 Å². The first-order valence-electron chi connectivity index (χ1n) is 7.07. The minimum Gasteiger partial charge on any atom is -0.370 e. The number of hydrogen-bond donors (Lipinski definition) is 1. The van der Waals surface area contributed by atoms with Crippen molar-refractivity contribution < 1.29 is 9.18 Å². The molecule has 1 fully saturated rings. The number of carbonyl (C=O) groups is 1. The molecule has 2 amide bonds. The quantitative estimate of drug-likeness (QED) is 0.921. The minimum absolute atomic E-state index is 0.146. The first kappa shape index (κ1) is 14.6. The molecule has 1 aromatic carbocycles. The smallest absolute Gasteiger partial charge is 0.321 e. The van der Waals surface area contributed by atoms with Crippen LogP contribution in [0.3, 0.4) is 0 Å². The number of likely N-dealkylation sites (tertiary alicyclic amines) is 1. The van der Waals surface area contributed by atoms with E-state index in [1.807, 2.05) is 25.8 Å². The van der Waals surface area contributed by atoms with Gasteiger partial charge in [0.15, 0.2) is 0 Å². The molecule has 0 aliphatic carbocycles. The first-order valence-corrected chi connectivity index (χ1v) is 7.07. The van der Waals surface area contributed by atoms with Crippen molar-refractivity contribution >= 4 is 17.4 Å². The summed E-state index contributed by atoms with van der Waals surface area (Å²) < 4.78 is 14.1.